The number of fused-ring (bicyclic) bond motifs is 1. The van der Waals surface area contributed by atoms with Crippen LogP contribution in [0.1, 0.15) is 38.3 Å². The molecule has 0 bridgehead atoms. The van der Waals surface area contributed by atoms with Crippen molar-refractivity contribution in [2.24, 2.45) is 0 Å². The van der Waals surface area contributed by atoms with E-state index in [9.17, 15) is 4.79 Å². The third kappa shape index (κ3) is 6.29. The summed E-state index contributed by atoms with van der Waals surface area (Å²) >= 11 is 1.67. The molecule has 0 radical (unpaired) electrons. The number of benzene rings is 3. The van der Waals surface area contributed by atoms with Crippen molar-refractivity contribution in [2.45, 2.75) is 39.2 Å². The van der Waals surface area contributed by atoms with Gasteiger partial charge in [0.1, 0.15) is 10.8 Å². The molecule has 34 heavy (non-hydrogen) atoms. The van der Waals surface area contributed by atoms with Crippen molar-refractivity contribution in [3.63, 3.8) is 0 Å². The zero-order valence-corrected chi connectivity index (χ0v) is 20.9. The van der Waals surface area contributed by atoms with Gasteiger partial charge in [-0.15, -0.1) is 11.3 Å². The Hall–Kier alpha value is -3.51. The molecule has 0 aliphatic carbocycles. The van der Waals surface area contributed by atoms with Crippen LogP contribution in [0.4, 0.5) is 5.69 Å². The van der Waals surface area contributed by atoms with Crippen LogP contribution in [0.3, 0.4) is 0 Å². The molecule has 6 heteroatoms. The second-order valence-corrected chi connectivity index (χ2v) is 9.38. The number of hydrogen-bond donors (Lipinski definition) is 2. The lowest BCUT2D eigenvalue weighted by molar-refractivity contribution is -0.118. The molecule has 4 rings (SSSR count). The molecule has 0 saturated heterocycles. The van der Waals surface area contributed by atoms with Crippen molar-refractivity contribution in [1.29, 1.82) is 5.41 Å². The molecule has 0 fully saturated rings. The van der Waals surface area contributed by atoms with Gasteiger partial charge in [0.15, 0.2) is 11.9 Å². The minimum atomic E-state index is -0.808. The first-order valence-electron chi connectivity index (χ1n) is 11.3. The second-order valence-electron chi connectivity index (χ2n) is 8.35. The van der Waals surface area contributed by atoms with E-state index < -0.39 is 5.60 Å². The van der Waals surface area contributed by atoms with Crippen molar-refractivity contribution in [1.82, 2.24) is 4.98 Å². The van der Waals surface area contributed by atoms with Crippen molar-refractivity contribution >= 4 is 39.7 Å². The lowest BCUT2D eigenvalue weighted by Crippen LogP contribution is -2.29. The monoisotopic (exact) mass is 473 g/mol. The summed E-state index contributed by atoms with van der Waals surface area (Å²) in [6.07, 6.45) is 4.36. The van der Waals surface area contributed by atoms with Gasteiger partial charge < -0.3 is 15.5 Å². The summed E-state index contributed by atoms with van der Waals surface area (Å²) in [6, 6.07) is 21.8. The van der Waals surface area contributed by atoms with Gasteiger partial charge in [0.25, 0.3) is 0 Å². The second kappa shape index (κ2) is 11.6. The molecule has 176 valence electrons. The summed E-state index contributed by atoms with van der Waals surface area (Å²) in [5, 5.41) is 11.4. The van der Waals surface area contributed by atoms with Crippen LogP contribution in [0.15, 0.2) is 66.7 Å². The van der Waals surface area contributed by atoms with Crippen LogP contribution in [0.5, 0.6) is 5.75 Å². The highest BCUT2D eigenvalue weighted by molar-refractivity contribution is 7.21. The molecule has 0 unspecified atom stereocenters. The maximum absolute atomic E-state index is 10.9. The minimum Gasteiger partial charge on any atom is -0.480 e. The number of carbonyl (C=O) groups excluding carboxylic acids is 1. The van der Waals surface area contributed by atoms with Gasteiger partial charge in [-0.2, -0.15) is 0 Å². The number of ether oxygens (including phenoxy) is 1. The lowest BCUT2D eigenvalue weighted by atomic mass is 10.0. The molecule has 0 spiro atoms. The number of anilines is 1. The summed E-state index contributed by atoms with van der Waals surface area (Å²) < 4.78 is 6.79. The summed E-state index contributed by atoms with van der Waals surface area (Å²) in [4.78, 5) is 15.5. The predicted molar refractivity (Wildman–Crippen MR) is 144 cm³/mol. The number of nitrogens with one attached hydrogen (secondary N) is 2. The fourth-order valence-corrected chi connectivity index (χ4v) is 4.46. The number of rotatable bonds is 8. The molecule has 3 aromatic carbocycles. The number of thiazole rings is 1. The zero-order valence-electron chi connectivity index (χ0n) is 20.1. The van der Waals surface area contributed by atoms with Crippen molar-refractivity contribution < 1.29 is 9.53 Å². The standard InChI is InChI=1S/C17H15NO2S.C11H16N2/c1-17(2,11-19)20-13-9-7-12(8-10-13)16-18-14-5-3-4-6-15(14)21-16;1-3-5-10-9(8-12)6-4-7-11(10)13-2/h3-11H,1-2H3;4,6-8,12-13H,3,5H2,1-2H3. The van der Waals surface area contributed by atoms with Gasteiger partial charge in [0.05, 0.1) is 10.2 Å². The number of carbonyl (C=O) groups is 1. The number of aromatic nitrogens is 1. The SMILES string of the molecule is CC(C)(C=O)Oc1ccc(-c2nc3ccccc3s2)cc1.CCCc1c(C=N)cccc1NC. The highest BCUT2D eigenvalue weighted by Gasteiger charge is 2.18. The normalized spacial score (nSPS) is 10.8. The van der Waals surface area contributed by atoms with Crippen LogP contribution in [-0.2, 0) is 11.2 Å². The number of para-hydroxylation sites is 1. The first-order chi connectivity index (χ1) is 16.4. The Labute approximate surface area is 205 Å². The summed E-state index contributed by atoms with van der Waals surface area (Å²) in [5.41, 5.74) is 4.67. The van der Waals surface area contributed by atoms with Crippen molar-refractivity contribution in [3.8, 4) is 16.3 Å². The molecular formula is C28H31N3O2S. The first-order valence-corrected chi connectivity index (χ1v) is 12.1. The Morgan fingerprint density at radius 2 is 1.79 bits per heavy atom. The maximum Gasteiger partial charge on any atom is 0.162 e. The molecule has 0 aliphatic heterocycles. The van der Waals surface area contributed by atoms with Gasteiger partial charge in [-0.05, 0) is 73.9 Å². The van der Waals surface area contributed by atoms with Gasteiger partial charge in [-0.25, -0.2) is 4.98 Å². The van der Waals surface area contributed by atoms with E-state index >= 15 is 0 Å². The van der Waals surface area contributed by atoms with Crippen LogP contribution in [0, 0.1) is 5.41 Å². The maximum atomic E-state index is 10.9. The Morgan fingerprint density at radius 1 is 1.06 bits per heavy atom. The molecule has 1 heterocycles. The molecule has 5 nitrogen and oxygen atoms in total. The van der Waals surface area contributed by atoms with Crippen LogP contribution >= 0.6 is 11.3 Å². The van der Waals surface area contributed by atoms with Gasteiger partial charge in [0, 0.05) is 24.5 Å². The number of hydrogen-bond acceptors (Lipinski definition) is 6. The van der Waals surface area contributed by atoms with Crippen LogP contribution in [0.25, 0.3) is 20.8 Å². The Kier molecular flexibility index (Phi) is 8.55. The molecule has 0 aliphatic rings. The van der Waals surface area contributed by atoms with E-state index in [4.69, 9.17) is 10.1 Å². The van der Waals surface area contributed by atoms with Gasteiger partial charge in [0.2, 0.25) is 0 Å². The van der Waals surface area contributed by atoms with Gasteiger partial charge >= 0.3 is 0 Å². The Balaban J connectivity index is 0.000000215. The average Bonchev–Trinajstić information content (AvgIpc) is 3.29. The smallest absolute Gasteiger partial charge is 0.162 e. The van der Waals surface area contributed by atoms with E-state index in [1.807, 2.05) is 61.6 Å². The van der Waals surface area contributed by atoms with E-state index in [2.05, 4.69) is 29.4 Å². The van der Waals surface area contributed by atoms with E-state index in [-0.39, 0.29) is 0 Å². The quantitative estimate of drug-likeness (QED) is 0.213. The molecule has 0 amide bonds. The van der Waals surface area contributed by atoms with Crippen LogP contribution < -0.4 is 10.1 Å². The number of nitrogens with zero attached hydrogens (tertiary/aromatic N) is 1. The van der Waals surface area contributed by atoms with E-state index in [0.717, 1.165) is 46.5 Å². The largest absolute Gasteiger partial charge is 0.480 e. The fourth-order valence-electron chi connectivity index (χ4n) is 3.49. The minimum absolute atomic E-state index is 0.678. The van der Waals surface area contributed by atoms with E-state index in [1.54, 1.807) is 25.2 Å². The summed E-state index contributed by atoms with van der Waals surface area (Å²) in [6.45, 7) is 5.63. The lowest BCUT2D eigenvalue weighted by Gasteiger charge is -2.19. The molecule has 4 aromatic rings. The highest BCUT2D eigenvalue weighted by Crippen LogP contribution is 2.31. The molecule has 1 aromatic heterocycles. The third-order valence-corrected chi connectivity index (χ3v) is 6.28. The Bertz CT molecular complexity index is 1210. The van der Waals surface area contributed by atoms with Crippen LogP contribution in [0.2, 0.25) is 0 Å². The highest BCUT2D eigenvalue weighted by atomic mass is 32.1. The first kappa shape index (κ1) is 25.1. The zero-order chi connectivity index (χ0) is 24.6. The molecule has 0 saturated carbocycles. The van der Waals surface area contributed by atoms with Gasteiger partial charge in [-0.1, -0.05) is 37.6 Å². The van der Waals surface area contributed by atoms with E-state index in [1.165, 1.54) is 16.5 Å². The molecule has 2 N–H and O–H groups in total. The van der Waals surface area contributed by atoms with Crippen LogP contribution in [-0.4, -0.2) is 30.1 Å². The van der Waals surface area contributed by atoms with E-state index in [0.29, 0.717) is 5.75 Å². The Morgan fingerprint density at radius 3 is 2.41 bits per heavy atom. The summed E-state index contributed by atoms with van der Waals surface area (Å²) in [7, 11) is 1.92. The van der Waals surface area contributed by atoms with Gasteiger partial charge in [-0.3, -0.25) is 4.79 Å². The fraction of sp³-hybridized carbons (Fsp3) is 0.250. The third-order valence-electron chi connectivity index (χ3n) is 5.20. The average molecular weight is 474 g/mol. The van der Waals surface area contributed by atoms with Crippen molar-refractivity contribution in [3.05, 3.63) is 77.9 Å². The summed E-state index contributed by atoms with van der Waals surface area (Å²) in [5.74, 6) is 0.678. The topological polar surface area (TPSA) is 75.1 Å². The predicted octanol–water partition coefficient (Wildman–Crippen LogP) is 7.00. The molecular weight excluding hydrogens is 442 g/mol. The molecule has 0 atom stereocenters. The number of aldehydes is 1. The van der Waals surface area contributed by atoms with Crippen molar-refractivity contribution in [2.75, 3.05) is 12.4 Å².